The highest BCUT2D eigenvalue weighted by Gasteiger charge is 2.30. The second-order valence-corrected chi connectivity index (χ2v) is 7.90. The van der Waals surface area contributed by atoms with E-state index >= 15 is 0 Å². The highest BCUT2D eigenvalue weighted by molar-refractivity contribution is 7.94. The first kappa shape index (κ1) is 18.7. The van der Waals surface area contributed by atoms with Crippen molar-refractivity contribution in [3.8, 4) is 11.8 Å². The molecule has 1 N–H and O–H groups in total. The minimum absolute atomic E-state index is 0.322. The smallest absolute Gasteiger partial charge is 0.296 e. The van der Waals surface area contributed by atoms with Crippen molar-refractivity contribution in [2.75, 3.05) is 15.6 Å². The van der Waals surface area contributed by atoms with Gasteiger partial charge in [0.05, 0.1) is 5.69 Å². The van der Waals surface area contributed by atoms with Gasteiger partial charge >= 0.3 is 10.2 Å². The lowest BCUT2D eigenvalue weighted by molar-refractivity contribution is 0.111. The van der Waals surface area contributed by atoms with Gasteiger partial charge in [-0.05, 0) is 42.3 Å². The van der Waals surface area contributed by atoms with Crippen LogP contribution in [-0.4, -0.2) is 31.2 Å². The van der Waals surface area contributed by atoms with E-state index in [0.717, 1.165) is 5.56 Å². The van der Waals surface area contributed by atoms with Crippen molar-refractivity contribution >= 4 is 28.0 Å². The van der Waals surface area contributed by atoms with Gasteiger partial charge in [-0.25, -0.2) is 9.29 Å². The van der Waals surface area contributed by atoms with Gasteiger partial charge in [-0.3, -0.25) is 14.5 Å². The van der Waals surface area contributed by atoms with Crippen LogP contribution in [0.3, 0.4) is 0 Å². The van der Waals surface area contributed by atoms with Crippen molar-refractivity contribution in [3.63, 3.8) is 0 Å². The van der Waals surface area contributed by atoms with Crippen molar-refractivity contribution in [1.82, 2.24) is 9.97 Å². The molecule has 3 aromatic rings. The number of aromatic nitrogens is 2. The van der Waals surface area contributed by atoms with E-state index in [1.807, 2.05) is 6.07 Å². The molecule has 0 fully saturated rings. The maximum Gasteiger partial charge on any atom is 0.325 e. The fourth-order valence-electron chi connectivity index (χ4n) is 2.98. The SMILES string of the molecule is O=Cc1ccc(C#Cc2ccccc2NS(=O)(=O)N2CCc3cccnc32)cn1. The van der Waals surface area contributed by atoms with Crippen LogP contribution in [0.2, 0.25) is 0 Å². The summed E-state index contributed by atoms with van der Waals surface area (Å²) in [6.45, 7) is 0.338. The zero-order chi connectivity index (χ0) is 20.3. The molecule has 4 rings (SSSR count). The Morgan fingerprint density at radius 1 is 1.03 bits per heavy atom. The first-order chi connectivity index (χ1) is 14.1. The van der Waals surface area contributed by atoms with Crippen molar-refractivity contribution in [2.45, 2.75) is 6.42 Å². The van der Waals surface area contributed by atoms with Crippen LogP contribution in [0.1, 0.15) is 27.2 Å². The molecule has 1 aliphatic rings. The Hall–Kier alpha value is -3.70. The molecule has 1 aliphatic heterocycles. The summed E-state index contributed by atoms with van der Waals surface area (Å²) in [4.78, 5) is 18.9. The van der Waals surface area contributed by atoms with Gasteiger partial charge in [0.25, 0.3) is 0 Å². The summed E-state index contributed by atoms with van der Waals surface area (Å²) in [5.74, 6) is 6.34. The summed E-state index contributed by atoms with van der Waals surface area (Å²) in [6.07, 6.45) is 4.36. The number of benzene rings is 1. The van der Waals surface area contributed by atoms with Crippen LogP contribution in [0.4, 0.5) is 11.5 Å². The fraction of sp³-hybridized carbons (Fsp3) is 0.0952. The Morgan fingerprint density at radius 2 is 1.90 bits per heavy atom. The number of carbonyl (C=O) groups excluding carboxylic acids is 1. The predicted octanol–water partition coefficient (Wildman–Crippen LogP) is 2.41. The Morgan fingerprint density at radius 3 is 2.69 bits per heavy atom. The Bertz CT molecular complexity index is 1230. The number of pyridine rings is 2. The van der Waals surface area contributed by atoms with Gasteiger partial charge in [0.15, 0.2) is 6.29 Å². The second-order valence-electron chi connectivity index (χ2n) is 6.30. The van der Waals surface area contributed by atoms with Gasteiger partial charge in [0.2, 0.25) is 0 Å². The molecule has 0 spiro atoms. The lowest BCUT2D eigenvalue weighted by atomic mass is 10.1. The van der Waals surface area contributed by atoms with Crippen molar-refractivity contribution < 1.29 is 13.2 Å². The van der Waals surface area contributed by atoms with E-state index in [4.69, 9.17) is 0 Å². The normalized spacial score (nSPS) is 12.6. The number of nitrogens with one attached hydrogen (secondary N) is 1. The lowest BCUT2D eigenvalue weighted by Crippen LogP contribution is -2.35. The lowest BCUT2D eigenvalue weighted by Gasteiger charge is -2.20. The molecule has 0 saturated heterocycles. The molecule has 1 aromatic carbocycles. The molecule has 0 unspecified atom stereocenters. The summed E-state index contributed by atoms with van der Waals surface area (Å²) in [5, 5.41) is 0. The van der Waals surface area contributed by atoms with Crippen LogP contribution < -0.4 is 9.03 Å². The number of para-hydroxylation sites is 1. The molecule has 29 heavy (non-hydrogen) atoms. The topological polar surface area (TPSA) is 92.3 Å². The number of hydrogen-bond donors (Lipinski definition) is 1. The Labute approximate surface area is 168 Å². The van der Waals surface area contributed by atoms with Crippen LogP contribution in [-0.2, 0) is 16.6 Å². The molecule has 2 aromatic heterocycles. The van der Waals surface area contributed by atoms with Crippen LogP contribution in [0.15, 0.2) is 60.9 Å². The van der Waals surface area contributed by atoms with Gasteiger partial charge in [0, 0.05) is 30.1 Å². The largest absolute Gasteiger partial charge is 0.325 e. The first-order valence-corrected chi connectivity index (χ1v) is 10.3. The van der Waals surface area contributed by atoms with E-state index < -0.39 is 10.2 Å². The molecule has 0 bridgehead atoms. The van der Waals surface area contributed by atoms with Gasteiger partial charge in [-0.15, -0.1) is 0 Å². The molecule has 8 heteroatoms. The first-order valence-electron chi connectivity index (χ1n) is 8.83. The van der Waals surface area contributed by atoms with Gasteiger partial charge in [-0.2, -0.15) is 8.42 Å². The van der Waals surface area contributed by atoms with Crippen LogP contribution in [0.5, 0.6) is 0 Å². The minimum Gasteiger partial charge on any atom is -0.296 e. The summed E-state index contributed by atoms with van der Waals surface area (Å²) >= 11 is 0. The third kappa shape index (κ3) is 3.95. The van der Waals surface area contributed by atoms with E-state index in [1.54, 1.807) is 48.7 Å². The second kappa shape index (κ2) is 7.73. The summed E-state index contributed by atoms with van der Waals surface area (Å²) in [7, 11) is -3.84. The van der Waals surface area contributed by atoms with Crippen LogP contribution in [0.25, 0.3) is 0 Å². The molecule has 0 saturated carbocycles. The quantitative estimate of drug-likeness (QED) is 0.533. The molecule has 3 heterocycles. The number of fused-ring (bicyclic) bond motifs is 1. The molecule has 7 nitrogen and oxygen atoms in total. The Balaban J connectivity index is 1.61. The average molecular weight is 404 g/mol. The highest BCUT2D eigenvalue weighted by atomic mass is 32.2. The van der Waals surface area contributed by atoms with E-state index in [2.05, 4.69) is 26.5 Å². The van der Waals surface area contributed by atoms with Crippen molar-refractivity contribution in [3.05, 3.63) is 83.3 Å². The van der Waals surface area contributed by atoms with Gasteiger partial charge in [0.1, 0.15) is 11.5 Å². The number of rotatable bonds is 4. The third-order valence-electron chi connectivity index (χ3n) is 4.39. The monoisotopic (exact) mass is 404 g/mol. The average Bonchev–Trinajstić information content (AvgIpc) is 3.18. The van der Waals surface area contributed by atoms with Gasteiger partial charge < -0.3 is 0 Å². The molecule has 0 atom stereocenters. The van der Waals surface area contributed by atoms with E-state index in [0.29, 0.717) is 47.6 Å². The third-order valence-corrected chi connectivity index (χ3v) is 5.81. The molecular formula is C21H16N4O3S. The number of aldehydes is 1. The summed E-state index contributed by atoms with van der Waals surface area (Å²) < 4.78 is 29.8. The van der Waals surface area contributed by atoms with Crippen molar-refractivity contribution in [1.29, 1.82) is 0 Å². The summed E-state index contributed by atoms with van der Waals surface area (Å²) in [6, 6.07) is 13.8. The maximum absolute atomic E-state index is 12.9. The number of anilines is 2. The molecule has 144 valence electrons. The molecule has 0 radical (unpaired) electrons. The zero-order valence-corrected chi connectivity index (χ0v) is 16.1. The van der Waals surface area contributed by atoms with Gasteiger partial charge in [-0.1, -0.05) is 30.0 Å². The fourth-order valence-corrected chi connectivity index (χ4v) is 4.27. The number of hydrogen-bond acceptors (Lipinski definition) is 5. The minimum atomic E-state index is -3.84. The van der Waals surface area contributed by atoms with E-state index in [9.17, 15) is 13.2 Å². The van der Waals surface area contributed by atoms with Crippen LogP contribution in [0, 0.1) is 11.8 Å². The molecule has 0 aliphatic carbocycles. The maximum atomic E-state index is 12.9. The number of nitrogens with zero attached hydrogens (tertiary/aromatic N) is 3. The zero-order valence-electron chi connectivity index (χ0n) is 15.2. The predicted molar refractivity (Wildman–Crippen MR) is 110 cm³/mol. The van der Waals surface area contributed by atoms with Crippen LogP contribution >= 0.6 is 0 Å². The summed E-state index contributed by atoms with van der Waals surface area (Å²) in [5.41, 5.74) is 2.74. The molecular weight excluding hydrogens is 388 g/mol. The van der Waals surface area contributed by atoms with E-state index in [1.165, 1.54) is 10.5 Å². The molecule has 0 amide bonds. The highest BCUT2D eigenvalue weighted by Crippen LogP contribution is 2.28. The van der Waals surface area contributed by atoms with E-state index in [-0.39, 0.29) is 0 Å². The Kier molecular flexibility index (Phi) is 4.97. The number of carbonyl (C=O) groups is 1. The standard InChI is InChI=1S/C21H16N4O3S/c26-15-19-10-8-16(14-23-19)7-9-17-4-1-2-6-20(17)24-29(27,28)25-13-11-18-5-3-12-22-21(18)25/h1-6,8,10,12,14-15,24H,11,13H2. The van der Waals surface area contributed by atoms with Crippen molar-refractivity contribution in [2.24, 2.45) is 0 Å².